The lowest BCUT2D eigenvalue weighted by atomic mass is 10.0. The first kappa shape index (κ1) is 18.7. The van der Waals surface area contributed by atoms with Crippen LogP contribution < -0.4 is 15.4 Å². The van der Waals surface area contributed by atoms with Crippen molar-refractivity contribution in [3.05, 3.63) is 36.9 Å². The molecule has 2 N–H and O–H groups in total. The number of carbonyl (C=O) groups excluding carboxylic acids is 1. The van der Waals surface area contributed by atoms with Crippen LogP contribution in [0.2, 0.25) is 0 Å². The summed E-state index contributed by atoms with van der Waals surface area (Å²) in [4.78, 5) is 14.7. The molecule has 6 nitrogen and oxygen atoms in total. The van der Waals surface area contributed by atoms with E-state index >= 15 is 0 Å². The minimum Gasteiger partial charge on any atom is -0.489 e. The molecule has 2 aliphatic rings. The molecule has 0 unspecified atom stereocenters. The minimum absolute atomic E-state index is 0.163. The van der Waals surface area contributed by atoms with Crippen LogP contribution in [0.4, 0.5) is 10.5 Å². The molecule has 1 aromatic rings. The van der Waals surface area contributed by atoms with Gasteiger partial charge < -0.3 is 25.0 Å². The predicted octanol–water partition coefficient (Wildman–Crippen LogP) is 3.02. The number of anilines is 1. The van der Waals surface area contributed by atoms with E-state index in [4.69, 9.17) is 9.47 Å². The molecule has 2 saturated heterocycles. The van der Waals surface area contributed by atoms with Crippen molar-refractivity contribution in [1.29, 1.82) is 0 Å². The Morgan fingerprint density at radius 1 is 1.35 bits per heavy atom. The van der Waals surface area contributed by atoms with Crippen LogP contribution in [0, 0.1) is 0 Å². The molecule has 2 fully saturated rings. The highest BCUT2D eigenvalue weighted by Crippen LogP contribution is 2.19. The topological polar surface area (TPSA) is 62.8 Å². The second kappa shape index (κ2) is 9.59. The SMILES string of the molecule is C=CCOc1cccc(NC(=O)NC2CCN(C[C@@H]3CCCO3)CC2)c1. The van der Waals surface area contributed by atoms with Crippen molar-refractivity contribution in [2.45, 2.75) is 37.8 Å². The third kappa shape index (κ3) is 5.75. The van der Waals surface area contributed by atoms with E-state index in [0.717, 1.165) is 44.8 Å². The summed E-state index contributed by atoms with van der Waals surface area (Å²) in [5.74, 6) is 0.713. The van der Waals surface area contributed by atoms with E-state index in [1.165, 1.54) is 12.8 Å². The van der Waals surface area contributed by atoms with Gasteiger partial charge in [-0.25, -0.2) is 4.79 Å². The molecule has 0 bridgehead atoms. The van der Waals surface area contributed by atoms with Crippen molar-refractivity contribution >= 4 is 11.7 Å². The van der Waals surface area contributed by atoms with Gasteiger partial charge in [0.05, 0.1) is 6.10 Å². The van der Waals surface area contributed by atoms with E-state index in [2.05, 4.69) is 22.1 Å². The highest BCUT2D eigenvalue weighted by Gasteiger charge is 2.24. The number of carbonyl (C=O) groups is 1. The molecular formula is C20H29N3O3. The second-order valence-electron chi connectivity index (χ2n) is 6.94. The molecule has 2 aliphatic heterocycles. The van der Waals surface area contributed by atoms with Gasteiger partial charge in [-0.2, -0.15) is 0 Å². The summed E-state index contributed by atoms with van der Waals surface area (Å²) in [7, 11) is 0. The quantitative estimate of drug-likeness (QED) is 0.735. The van der Waals surface area contributed by atoms with E-state index in [9.17, 15) is 4.79 Å². The lowest BCUT2D eigenvalue weighted by Gasteiger charge is -2.33. The normalized spacial score (nSPS) is 21.3. The highest BCUT2D eigenvalue weighted by atomic mass is 16.5. The van der Waals surface area contributed by atoms with E-state index in [-0.39, 0.29) is 12.1 Å². The number of hydrogen-bond donors (Lipinski definition) is 2. The summed E-state index contributed by atoms with van der Waals surface area (Å²) in [5, 5.41) is 5.97. The number of nitrogens with zero attached hydrogens (tertiary/aromatic N) is 1. The molecular weight excluding hydrogens is 330 g/mol. The van der Waals surface area contributed by atoms with Crippen molar-refractivity contribution in [2.24, 2.45) is 0 Å². The molecule has 0 aromatic heterocycles. The van der Waals surface area contributed by atoms with Crippen molar-refractivity contribution in [1.82, 2.24) is 10.2 Å². The number of urea groups is 1. The van der Waals surface area contributed by atoms with E-state index in [0.29, 0.717) is 18.5 Å². The van der Waals surface area contributed by atoms with Crippen LogP contribution in [-0.2, 0) is 4.74 Å². The minimum atomic E-state index is -0.163. The largest absolute Gasteiger partial charge is 0.489 e. The van der Waals surface area contributed by atoms with Gasteiger partial charge in [0, 0.05) is 44.0 Å². The number of piperidine rings is 1. The van der Waals surface area contributed by atoms with Gasteiger partial charge in [-0.15, -0.1) is 0 Å². The predicted molar refractivity (Wildman–Crippen MR) is 103 cm³/mol. The zero-order valence-electron chi connectivity index (χ0n) is 15.3. The van der Waals surface area contributed by atoms with Gasteiger partial charge in [-0.05, 0) is 37.8 Å². The summed E-state index contributed by atoms with van der Waals surface area (Å²) in [6, 6.07) is 7.44. The number of ether oxygens (including phenoxy) is 2. The Morgan fingerprint density at radius 3 is 2.92 bits per heavy atom. The van der Waals surface area contributed by atoms with Crippen LogP contribution in [0.15, 0.2) is 36.9 Å². The van der Waals surface area contributed by atoms with Crippen molar-refractivity contribution in [3.63, 3.8) is 0 Å². The maximum atomic E-state index is 12.3. The summed E-state index contributed by atoms with van der Waals surface area (Å²) in [5.41, 5.74) is 0.722. The molecule has 3 rings (SSSR count). The summed E-state index contributed by atoms with van der Waals surface area (Å²) in [6.45, 7) is 8.02. The fraction of sp³-hybridized carbons (Fsp3) is 0.550. The van der Waals surface area contributed by atoms with E-state index in [1.54, 1.807) is 6.08 Å². The Labute approximate surface area is 155 Å². The second-order valence-corrected chi connectivity index (χ2v) is 6.94. The maximum absolute atomic E-state index is 12.3. The molecule has 0 saturated carbocycles. The Bertz CT molecular complexity index is 594. The zero-order valence-corrected chi connectivity index (χ0v) is 15.3. The van der Waals surface area contributed by atoms with Gasteiger partial charge in [-0.3, -0.25) is 0 Å². The first-order chi connectivity index (χ1) is 12.7. The molecule has 1 aromatic carbocycles. The smallest absolute Gasteiger partial charge is 0.319 e. The molecule has 6 heteroatoms. The molecule has 142 valence electrons. The van der Waals surface area contributed by atoms with Gasteiger partial charge in [0.2, 0.25) is 0 Å². The molecule has 0 radical (unpaired) electrons. The fourth-order valence-corrected chi connectivity index (χ4v) is 3.51. The fourth-order valence-electron chi connectivity index (χ4n) is 3.51. The van der Waals surface area contributed by atoms with Gasteiger partial charge in [0.1, 0.15) is 12.4 Å². The number of rotatable bonds is 7. The van der Waals surface area contributed by atoms with Gasteiger partial charge in [0.15, 0.2) is 0 Å². The lowest BCUT2D eigenvalue weighted by molar-refractivity contribution is 0.0633. The highest BCUT2D eigenvalue weighted by molar-refractivity contribution is 5.89. The van der Waals surface area contributed by atoms with Crippen molar-refractivity contribution in [2.75, 3.05) is 38.2 Å². The number of amides is 2. The van der Waals surface area contributed by atoms with Crippen molar-refractivity contribution in [3.8, 4) is 5.75 Å². The van der Waals surface area contributed by atoms with Crippen molar-refractivity contribution < 1.29 is 14.3 Å². The maximum Gasteiger partial charge on any atom is 0.319 e. The monoisotopic (exact) mass is 359 g/mol. The van der Waals surface area contributed by atoms with Crippen LogP contribution in [-0.4, -0.2) is 55.9 Å². The number of likely N-dealkylation sites (tertiary alicyclic amines) is 1. The average Bonchev–Trinajstić information content (AvgIpc) is 3.15. The standard InChI is InChI=1S/C20H29N3O3/c1-2-12-25-18-6-3-5-17(14-18)22-20(24)21-16-8-10-23(11-9-16)15-19-7-4-13-26-19/h2-3,5-6,14,16,19H,1,4,7-13,15H2,(H2,21,22,24)/t19-/m0/s1. The third-order valence-corrected chi connectivity index (χ3v) is 4.87. The van der Waals surface area contributed by atoms with Gasteiger partial charge in [-0.1, -0.05) is 18.7 Å². The first-order valence-electron chi connectivity index (χ1n) is 9.48. The third-order valence-electron chi connectivity index (χ3n) is 4.87. The summed E-state index contributed by atoms with van der Waals surface area (Å²) < 4.78 is 11.2. The van der Waals surface area contributed by atoms with Gasteiger partial charge in [0.25, 0.3) is 0 Å². The van der Waals surface area contributed by atoms with Crippen LogP contribution in [0.3, 0.4) is 0 Å². The average molecular weight is 359 g/mol. The van der Waals surface area contributed by atoms with E-state index < -0.39 is 0 Å². The van der Waals surface area contributed by atoms with Crippen LogP contribution in [0.25, 0.3) is 0 Å². The lowest BCUT2D eigenvalue weighted by Crippen LogP contribution is -2.47. The van der Waals surface area contributed by atoms with E-state index in [1.807, 2.05) is 24.3 Å². The Kier molecular flexibility index (Phi) is 6.91. The molecule has 1 atom stereocenters. The molecule has 2 amide bonds. The molecule has 26 heavy (non-hydrogen) atoms. The number of hydrogen-bond acceptors (Lipinski definition) is 4. The summed E-state index contributed by atoms with van der Waals surface area (Å²) in [6.07, 6.45) is 6.40. The van der Waals surface area contributed by atoms with Crippen LogP contribution in [0.5, 0.6) is 5.75 Å². The zero-order chi connectivity index (χ0) is 18.2. The Morgan fingerprint density at radius 2 is 2.19 bits per heavy atom. The molecule has 2 heterocycles. The number of benzene rings is 1. The first-order valence-corrected chi connectivity index (χ1v) is 9.48. The van der Waals surface area contributed by atoms with Crippen LogP contribution in [0.1, 0.15) is 25.7 Å². The Balaban J connectivity index is 1.39. The summed E-state index contributed by atoms with van der Waals surface area (Å²) >= 11 is 0. The van der Waals surface area contributed by atoms with Crippen LogP contribution >= 0.6 is 0 Å². The molecule has 0 spiro atoms. The number of nitrogens with one attached hydrogen (secondary N) is 2. The van der Waals surface area contributed by atoms with Gasteiger partial charge >= 0.3 is 6.03 Å². The molecule has 0 aliphatic carbocycles. The Hall–Kier alpha value is -2.05.